The molecular weight excluding hydrogens is 352 g/mol. The summed E-state index contributed by atoms with van der Waals surface area (Å²) in [6, 6.07) is 10.5. The molecule has 4 aromatic rings. The summed E-state index contributed by atoms with van der Waals surface area (Å²) in [6.07, 6.45) is 5.60. The number of anilines is 1. The van der Waals surface area contributed by atoms with Gasteiger partial charge in [-0.05, 0) is 24.3 Å². The van der Waals surface area contributed by atoms with Gasteiger partial charge in [0, 0.05) is 61.7 Å². The first kappa shape index (κ1) is 17.1. The molecule has 3 aromatic heterocycles. The minimum atomic E-state index is 0.117. The van der Waals surface area contributed by atoms with Crippen molar-refractivity contribution in [1.82, 2.24) is 24.8 Å². The van der Waals surface area contributed by atoms with E-state index in [1.807, 2.05) is 6.07 Å². The number of rotatable bonds is 4. The molecule has 0 saturated carbocycles. The predicted octanol–water partition coefficient (Wildman–Crippen LogP) is 2.58. The molecule has 0 unspecified atom stereocenters. The summed E-state index contributed by atoms with van der Waals surface area (Å²) < 4.78 is 7.90. The van der Waals surface area contributed by atoms with Gasteiger partial charge in [0.15, 0.2) is 5.82 Å². The van der Waals surface area contributed by atoms with Gasteiger partial charge in [0.2, 0.25) is 0 Å². The fraction of sp³-hybridized carbons (Fsp3) is 0.286. The molecule has 1 atom stereocenters. The van der Waals surface area contributed by atoms with E-state index >= 15 is 0 Å². The first-order valence-corrected chi connectivity index (χ1v) is 9.51. The summed E-state index contributed by atoms with van der Waals surface area (Å²) >= 11 is 0. The van der Waals surface area contributed by atoms with Gasteiger partial charge in [-0.2, -0.15) is 0 Å². The molecule has 7 nitrogen and oxygen atoms in total. The summed E-state index contributed by atoms with van der Waals surface area (Å²) in [6.45, 7) is 3.14. The highest BCUT2D eigenvalue weighted by Crippen LogP contribution is 2.28. The van der Waals surface area contributed by atoms with Gasteiger partial charge < -0.3 is 19.9 Å². The maximum Gasteiger partial charge on any atom is 0.154 e. The molecule has 1 aromatic carbocycles. The van der Waals surface area contributed by atoms with Crippen molar-refractivity contribution in [2.24, 2.45) is 7.05 Å². The Morgan fingerprint density at radius 1 is 1.21 bits per heavy atom. The van der Waals surface area contributed by atoms with Gasteiger partial charge in [-0.3, -0.25) is 4.98 Å². The summed E-state index contributed by atoms with van der Waals surface area (Å²) in [5, 5.41) is 7.97. The second kappa shape index (κ2) is 7.18. The van der Waals surface area contributed by atoms with Crippen molar-refractivity contribution in [3.05, 3.63) is 48.9 Å². The molecule has 0 spiro atoms. The Bertz CT molecular complexity index is 1130. The Morgan fingerprint density at radius 3 is 3.04 bits per heavy atom. The van der Waals surface area contributed by atoms with Crippen LogP contribution in [0.3, 0.4) is 0 Å². The quantitative estimate of drug-likeness (QED) is 0.572. The molecule has 0 radical (unpaired) electrons. The van der Waals surface area contributed by atoms with Crippen LogP contribution in [0.15, 0.2) is 48.9 Å². The van der Waals surface area contributed by atoms with Crippen molar-refractivity contribution in [3.63, 3.8) is 0 Å². The zero-order chi connectivity index (χ0) is 18.9. The van der Waals surface area contributed by atoms with E-state index in [0.29, 0.717) is 6.54 Å². The van der Waals surface area contributed by atoms with Crippen molar-refractivity contribution in [2.45, 2.75) is 6.10 Å². The predicted molar refractivity (Wildman–Crippen MR) is 110 cm³/mol. The average molecular weight is 374 g/mol. The van der Waals surface area contributed by atoms with Crippen molar-refractivity contribution >= 4 is 27.8 Å². The molecule has 28 heavy (non-hydrogen) atoms. The number of aryl methyl sites for hydroxylation is 1. The highest BCUT2D eigenvalue weighted by molar-refractivity contribution is 5.90. The number of morpholine rings is 1. The van der Waals surface area contributed by atoms with E-state index < -0.39 is 0 Å². The fourth-order valence-electron chi connectivity index (χ4n) is 3.65. The molecule has 1 aliphatic heterocycles. The number of fused-ring (bicyclic) bond motifs is 2. The van der Waals surface area contributed by atoms with E-state index in [0.717, 1.165) is 47.8 Å². The van der Waals surface area contributed by atoms with E-state index in [4.69, 9.17) is 9.72 Å². The lowest BCUT2D eigenvalue weighted by atomic mass is 10.1. The summed E-state index contributed by atoms with van der Waals surface area (Å²) in [5.74, 6) is 0.739. The molecule has 5 rings (SSSR count). The van der Waals surface area contributed by atoms with E-state index in [1.54, 1.807) is 12.4 Å². The maximum absolute atomic E-state index is 5.79. The lowest BCUT2D eigenvalue weighted by molar-refractivity contribution is 0.0372. The smallest absolute Gasteiger partial charge is 0.154 e. The van der Waals surface area contributed by atoms with Crippen molar-refractivity contribution in [1.29, 1.82) is 0 Å². The molecule has 0 bridgehead atoms. The number of nitrogens with one attached hydrogen (secondary N) is 2. The van der Waals surface area contributed by atoms with Gasteiger partial charge in [-0.25, -0.2) is 9.97 Å². The minimum Gasteiger partial charge on any atom is -0.374 e. The van der Waals surface area contributed by atoms with Crippen LogP contribution in [-0.4, -0.2) is 51.9 Å². The van der Waals surface area contributed by atoms with Crippen LogP contribution in [0.2, 0.25) is 0 Å². The summed E-state index contributed by atoms with van der Waals surface area (Å²) in [5.41, 5.74) is 4.74. The lowest BCUT2D eigenvalue weighted by Gasteiger charge is -2.24. The second-order valence-corrected chi connectivity index (χ2v) is 7.06. The highest BCUT2D eigenvalue weighted by atomic mass is 16.5. The van der Waals surface area contributed by atoms with Crippen molar-refractivity contribution in [2.75, 3.05) is 31.6 Å². The van der Waals surface area contributed by atoms with Gasteiger partial charge in [0.25, 0.3) is 0 Å². The summed E-state index contributed by atoms with van der Waals surface area (Å²) in [4.78, 5) is 13.9. The number of benzene rings is 1. The van der Waals surface area contributed by atoms with Crippen LogP contribution in [-0.2, 0) is 11.8 Å². The Kier molecular flexibility index (Phi) is 4.38. The SMILES string of the molecule is Cn1ccc2cc(-c3cc4nccnc4c(NC[C@@H]4CNCCO4)n3)ccc21. The van der Waals surface area contributed by atoms with E-state index in [-0.39, 0.29) is 6.10 Å². The Balaban J connectivity index is 1.53. The molecule has 1 fully saturated rings. The number of nitrogens with zero attached hydrogens (tertiary/aromatic N) is 4. The number of ether oxygens (including phenoxy) is 1. The van der Waals surface area contributed by atoms with E-state index in [1.165, 1.54) is 10.9 Å². The zero-order valence-electron chi connectivity index (χ0n) is 15.7. The zero-order valence-corrected chi connectivity index (χ0v) is 15.7. The standard InChI is InChI=1S/C21H22N6O/c1-27-8-4-15-10-14(2-3-19(15)27)17-11-18-20(24-6-5-23-18)21(26-17)25-13-16-12-22-7-9-28-16/h2-6,8,10-11,16,22H,7,9,12-13H2,1H3,(H,25,26)/t16-/m0/s1. The van der Waals surface area contributed by atoms with Gasteiger partial charge in [-0.15, -0.1) is 0 Å². The Labute approximate surface area is 162 Å². The first-order chi connectivity index (χ1) is 13.8. The van der Waals surface area contributed by atoms with E-state index in [9.17, 15) is 0 Å². The first-order valence-electron chi connectivity index (χ1n) is 9.51. The van der Waals surface area contributed by atoms with Crippen molar-refractivity contribution in [3.8, 4) is 11.3 Å². The largest absolute Gasteiger partial charge is 0.374 e. The van der Waals surface area contributed by atoms with Crippen LogP contribution < -0.4 is 10.6 Å². The monoisotopic (exact) mass is 374 g/mol. The molecule has 2 N–H and O–H groups in total. The molecule has 7 heteroatoms. The van der Waals surface area contributed by atoms with Crippen LogP contribution in [0.4, 0.5) is 5.82 Å². The van der Waals surface area contributed by atoms with Crippen LogP contribution in [0.25, 0.3) is 33.2 Å². The van der Waals surface area contributed by atoms with Crippen LogP contribution in [0.1, 0.15) is 0 Å². The lowest BCUT2D eigenvalue weighted by Crippen LogP contribution is -2.42. The Hall–Kier alpha value is -3.03. The third-order valence-corrected chi connectivity index (χ3v) is 5.14. The second-order valence-electron chi connectivity index (χ2n) is 7.06. The van der Waals surface area contributed by atoms with Gasteiger partial charge in [0.05, 0.1) is 23.9 Å². The third-order valence-electron chi connectivity index (χ3n) is 5.14. The van der Waals surface area contributed by atoms with Gasteiger partial charge in [-0.1, -0.05) is 6.07 Å². The number of aromatic nitrogens is 4. The molecule has 1 saturated heterocycles. The number of hydrogen-bond donors (Lipinski definition) is 2. The average Bonchev–Trinajstić information content (AvgIpc) is 3.13. The number of pyridine rings is 1. The van der Waals surface area contributed by atoms with Crippen LogP contribution in [0, 0.1) is 0 Å². The van der Waals surface area contributed by atoms with Gasteiger partial charge in [0.1, 0.15) is 5.52 Å². The maximum atomic E-state index is 5.79. The minimum absolute atomic E-state index is 0.117. The third kappa shape index (κ3) is 3.19. The summed E-state index contributed by atoms with van der Waals surface area (Å²) in [7, 11) is 2.05. The van der Waals surface area contributed by atoms with E-state index in [2.05, 4.69) is 62.7 Å². The highest BCUT2D eigenvalue weighted by Gasteiger charge is 2.15. The van der Waals surface area contributed by atoms with Crippen LogP contribution in [0.5, 0.6) is 0 Å². The number of hydrogen-bond acceptors (Lipinski definition) is 6. The van der Waals surface area contributed by atoms with Crippen molar-refractivity contribution < 1.29 is 4.74 Å². The Morgan fingerprint density at radius 2 is 2.14 bits per heavy atom. The molecule has 0 amide bonds. The van der Waals surface area contributed by atoms with Gasteiger partial charge >= 0.3 is 0 Å². The molecular formula is C21H22N6O. The fourth-order valence-corrected chi connectivity index (χ4v) is 3.65. The normalized spacial score (nSPS) is 17.2. The molecule has 142 valence electrons. The topological polar surface area (TPSA) is 76.9 Å². The molecule has 4 heterocycles. The molecule has 1 aliphatic rings. The van der Waals surface area contributed by atoms with Crippen LogP contribution >= 0.6 is 0 Å². The molecule has 0 aliphatic carbocycles.